The van der Waals surface area contributed by atoms with Gasteiger partial charge in [0.2, 0.25) is 0 Å². The lowest BCUT2D eigenvalue weighted by Gasteiger charge is -2.11. The van der Waals surface area contributed by atoms with E-state index in [0.717, 1.165) is 31.8 Å². The van der Waals surface area contributed by atoms with Gasteiger partial charge in [0.25, 0.3) is 0 Å². The average Bonchev–Trinajstić information content (AvgIpc) is 3.19. The van der Waals surface area contributed by atoms with Crippen molar-refractivity contribution in [2.45, 2.75) is 51.2 Å². The van der Waals surface area contributed by atoms with E-state index in [2.05, 4.69) is 29.6 Å². The van der Waals surface area contributed by atoms with Crippen molar-refractivity contribution in [2.24, 2.45) is 0 Å². The quantitative estimate of drug-likeness (QED) is 0.710. The highest BCUT2D eigenvalue weighted by Crippen LogP contribution is 2.41. The highest BCUT2D eigenvalue weighted by Gasteiger charge is 2.25. The summed E-state index contributed by atoms with van der Waals surface area (Å²) >= 11 is 0. The van der Waals surface area contributed by atoms with Crippen LogP contribution in [-0.4, -0.2) is 17.8 Å². The first-order chi connectivity index (χ1) is 8.31. The van der Waals surface area contributed by atoms with E-state index in [-0.39, 0.29) is 6.10 Å². The molecule has 0 aliphatic heterocycles. The molecule has 0 amide bonds. The maximum Gasteiger partial charge on any atom is 0.0549 e. The molecular weight excluding hydrogens is 210 g/mol. The summed E-state index contributed by atoms with van der Waals surface area (Å²) in [7, 11) is 0. The SMILES string of the molecule is CCC(O)CCNCc1ccccc1C1CC1. The number of hydrogen-bond acceptors (Lipinski definition) is 2. The topological polar surface area (TPSA) is 32.3 Å². The molecule has 1 aliphatic carbocycles. The standard InChI is InChI=1S/C15H23NO/c1-2-14(17)9-10-16-11-13-5-3-4-6-15(13)12-7-8-12/h3-6,12,14,16-17H,2,7-11H2,1H3. The van der Waals surface area contributed by atoms with Crippen molar-refractivity contribution < 1.29 is 5.11 Å². The van der Waals surface area contributed by atoms with E-state index in [9.17, 15) is 5.11 Å². The Labute approximate surface area is 104 Å². The van der Waals surface area contributed by atoms with Crippen LogP contribution in [0, 0.1) is 0 Å². The van der Waals surface area contributed by atoms with Gasteiger partial charge in [0.15, 0.2) is 0 Å². The Morgan fingerprint density at radius 1 is 1.35 bits per heavy atom. The molecule has 2 heteroatoms. The molecule has 1 unspecified atom stereocenters. The minimum atomic E-state index is -0.152. The van der Waals surface area contributed by atoms with Crippen LogP contribution in [0.15, 0.2) is 24.3 Å². The van der Waals surface area contributed by atoms with Gasteiger partial charge in [-0.15, -0.1) is 0 Å². The highest BCUT2D eigenvalue weighted by molar-refractivity contribution is 5.33. The van der Waals surface area contributed by atoms with E-state index < -0.39 is 0 Å². The molecule has 1 aromatic carbocycles. The van der Waals surface area contributed by atoms with E-state index >= 15 is 0 Å². The summed E-state index contributed by atoms with van der Waals surface area (Å²) in [6.45, 7) is 3.85. The van der Waals surface area contributed by atoms with Gasteiger partial charge in [-0.05, 0) is 49.3 Å². The smallest absolute Gasteiger partial charge is 0.0549 e. The van der Waals surface area contributed by atoms with Crippen LogP contribution in [0.25, 0.3) is 0 Å². The van der Waals surface area contributed by atoms with Crippen molar-refractivity contribution in [1.29, 1.82) is 0 Å². The van der Waals surface area contributed by atoms with E-state index in [0.29, 0.717) is 0 Å². The van der Waals surface area contributed by atoms with Gasteiger partial charge in [-0.3, -0.25) is 0 Å². The minimum Gasteiger partial charge on any atom is -0.393 e. The summed E-state index contributed by atoms with van der Waals surface area (Å²) < 4.78 is 0. The summed E-state index contributed by atoms with van der Waals surface area (Å²) in [4.78, 5) is 0. The van der Waals surface area contributed by atoms with Crippen LogP contribution >= 0.6 is 0 Å². The molecule has 1 aliphatic rings. The van der Waals surface area contributed by atoms with Crippen molar-refractivity contribution in [3.05, 3.63) is 35.4 Å². The molecule has 0 spiro atoms. The summed E-state index contributed by atoms with van der Waals surface area (Å²) in [6.07, 6.45) is 4.25. The maximum atomic E-state index is 9.47. The Morgan fingerprint density at radius 3 is 2.82 bits per heavy atom. The van der Waals surface area contributed by atoms with Crippen molar-refractivity contribution in [3.8, 4) is 0 Å². The molecule has 0 radical (unpaired) electrons. The summed E-state index contributed by atoms with van der Waals surface area (Å²) in [6, 6.07) is 8.73. The zero-order valence-corrected chi connectivity index (χ0v) is 10.7. The summed E-state index contributed by atoms with van der Waals surface area (Å²) in [5.74, 6) is 0.814. The van der Waals surface area contributed by atoms with Gasteiger partial charge in [0.05, 0.1) is 6.10 Å². The number of nitrogens with one attached hydrogen (secondary N) is 1. The second kappa shape index (κ2) is 6.18. The van der Waals surface area contributed by atoms with Crippen molar-refractivity contribution >= 4 is 0 Å². The van der Waals surface area contributed by atoms with Crippen LogP contribution < -0.4 is 5.32 Å². The molecule has 1 fully saturated rings. The lowest BCUT2D eigenvalue weighted by Crippen LogP contribution is -2.20. The number of hydrogen-bond donors (Lipinski definition) is 2. The predicted octanol–water partition coefficient (Wildman–Crippen LogP) is 2.81. The third kappa shape index (κ3) is 3.83. The van der Waals surface area contributed by atoms with Gasteiger partial charge in [-0.25, -0.2) is 0 Å². The largest absolute Gasteiger partial charge is 0.393 e. The average molecular weight is 233 g/mol. The molecule has 2 N–H and O–H groups in total. The first-order valence-electron chi connectivity index (χ1n) is 6.77. The molecule has 0 saturated heterocycles. The van der Waals surface area contributed by atoms with Crippen LogP contribution in [0.5, 0.6) is 0 Å². The molecular formula is C15H23NO. The number of aliphatic hydroxyl groups is 1. The maximum absolute atomic E-state index is 9.47. The second-order valence-corrected chi connectivity index (χ2v) is 5.00. The number of benzene rings is 1. The first kappa shape index (κ1) is 12.6. The lowest BCUT2D eigenvalue weighted by atomic mass is 10.0. The molecule has 2 rings (SSSR count). The summed E-state index contributed by atoms with van der Waals surface area (Å²) in [5, 5.41) is 12.9. The van der Waals surface area contributed by atoms with Crippen LogP contribution in [-0.2, 0) is 6.54 Å². The number of aliphatic hydroxyl groups excluding tert-OH is 1. The van der Waals surface area contributed by atoms with E-state index in [1.54, 1.807) is 0 Å². The third-order valence-corrected chi connectivity index (χ3v) is 3.51. The van der Waals surface area contributed by atoms with E-state index in [1.807, 2.05) is 6.92 Å². The van der Waals surface area contributed by atoms with Gasteiger partial charge in [0, 0.05) is 6.54 Å². The van der Waals surface area contributed by atoms with Gasteiger partial charge in [-0.1, -0.05) is 31.2 Å². The van der Waals surface area contributed by atoms with Crippen molar-refractivity contribution in [1.82, 2.24) is 5.32 Å². The molecule has 17 heavy (non-hydrogen) atoms. The van der Waals surface area contributed by atoms with Gasteiger partial charge >= 0.3 is 0 Å². The monoisotopic (exact) mass is 233 g/mol. The molecule has 0 bridgehead atoms. The molecule has 1 atom stereocenters. The molecule has 1 saturated carbocycles. The fourth-order valence-corrected chi connectivity index (χ4v) is 2.18. The van der Waals surface area contributed by atoms with E-state index in [4.69, 9.17) is 0 Å². The van der Waals surface area contributed by atoms with Gasteiger partial charge in [-0.2, -0.15) is 0 Å². The minimum absolute atomic E-state index is 0.152. The Morgan fingerprint density at radius 2 is 2.12 bits per heavy atom. The van der Waals surface area contributed by atoms with Gasteiger partial charge < -0.3 is 10.4 Å². The van der Waals surface area contributed by atoms with E-state index in [1.165, 1.54) is 24.0 Å². The zero-order chi connectivity index (χ0) is 12.1. The fraction of sp³-hybridized carbons (Fsp3) is 0.600. The van der Waals surface area contributed by atoms with Crippen LogP contribution in [0.1, 0.15) is 49.7 Å². The van der Waals surface area contributed by atoms with Crippen LogP contribution in [0.3, 0.4) is 0 Å². The molecule has 0 heterocycles. The molecule has 0 aromatic heterocycles. The molecule has 94 valence electrons. The van der Waals surface area contributed by atoms with Crippen molar-refractivity contribution in [2.75, 3.05) is 6.54 Å². The summed E-state index contributed by atoms with van der Waals surface area (Å²) in [5.41, 5.74) is 2.96. The number of rotatable bonds is 7. The molecule has 1 aromatic rings. The zero-order valence-electron chi connectivity index (χ0n) is 10.7. The van der Waals surface area contributed by atoms with Crippen molar-refractivity contribution in [3.63, 3.8) is 0 Å². The normalized spacial score (nSPS) is 17.1. The third-order valence-electron chi connectivity index (χ3n) is 3.51. The second-order valence-electron chi connectivity index (χ2n) is 5.00. The lowest BCUT2D eigenvalue weighted by molar-refractivity contribution is 0.159. The first-order valence-corrected chi connectivity index (χ1v) is 6.77. The highest BCUT2D eigenvalue weighted by atomic mass is 16.3. The Kier molecular flexibility index (Phi) is 4.57. The predicted molar refractivity (Wildman–Crippen MR) is 71.0 cm³/mol. The van der Waals surface area contributed by atoms with Gasteiger partial charge in [0.1, 0.15) is 0 Å². The van der Waals surface area contributed by atoms with Crippen LogP contribution in [0.4, 0.5) is 0 Å². The Hall–Kier alpha value is -0.860. The Balaban J connectivity index is 1.78. The Bertz CT molecular complexity index is 347. The van der Waals surface area contributed by atoms with Crippen LogP contribution in [0.2, 0.25) is 0 Å². The fourth-order valence-electron chi connectivity index (χ4n) is 2.18. The molecule has 2 nitrogen and oxygen atoms in total.